The molecular weight excluding hydrogens is 413 g/mol. The predicted octanol–water partition coefficient (Wildman–Crippen LogP) is 2.19. The monoisotopic (exact) mass is 437 g/mol. The van der Waals surface area contributed by atoms with Gasteiger partial charge in [-0.15, -0.1) is 24.0 Å². The summed E-state index contributed by atoms with van der Waals surface area (Å²) in [6.07, 6.45) is 0. The molecule has 22 heavy (non-hydrogen) atoms. The molecule has 0 atom stereocenters. The standard InChI is InChI=1S/C15H23N3O2S.HI/c1-19-8-9-20-14-4-2-13(3-5-14)12-17-15(16)18-6-10-21-11-7-18;/h2-5H,6-12H2,1H3,(H2,16,17);1H. The Morgan fingerprint density at radius 3 is 2.55 bits per heavy atom. The predicted molar refractivity (Wildman–Crippen MR) is 103 cm³/mol. The van der Waals surface area contributed by atoms with Gasteiger partial charge in [0, 0.05) is 31.7 Å². The second kappa shape index (κ2) is 11.0. The molecule has 0 amide bonds. The number of nitrogens with two attached hydrogens (primary N) is 1. The van der Waals surface area contributed by atoms with E-state index >= 15 is 0 Å². The number of halogens is 1. The van der Waals surface area contributed by atoms with Crippen molar-refractivity contribution in [3.8, 4) is 5.75 Å². The molecule has 2 N–H and O–H groups in total. The molecule has 1 aromatic rings. The van der Waals surface area contributed by atoms with E-state index in [1.54, 1.807) is 7.11 Å². The van der Waals surface area contributed by atoms with Crippen LogP contribution in [0.1, 0.15) is 5.56 Å². The van der Waals surface area contributed by atoms with Crippen molar-refractivity contribution < 1.29 is 9.47 Å². The van der Waals surface area contributed by atoms with E-state index in [1.807, 2.05) is 36.0 Å². The minimum atomic E-state index is 0. The second-order valence-corrected chi connectivity index (χ2v) is 5.98. The Morgan fingerprint density at radius 1 is 1.23 bits per heavy atom. The third kappa shape index (κ3) is 6.62. The van der Waals surface area contributed by atoms with Gasteiger partial charge in [-0.05, 0) is 17.7 Å². The van der Waals surface area contributed by atoms with E-state index in [2.05, 4.69) is 9.89 Å². The summed E-state index contributed by atoms with van der Waals surface area (Å²) in [4.78, 5) is 6.62. The summed E-state index contributed by atoms with van der Waals surface area (Å²) < 4.78 is 10.5. The molecule has 0 radical (unpaired) electrons. The molecule has 0 spiro atoms. The van der Waals surface area contributed by atoms with Gasteiger partial charge in [0.25, 0.3) is 0 Å². The first-order valence-electron chi connectivity index (χ1n) is 7.13. The zero-order valence-electron chi connectivity index (χ0n) is 12.9. The Bertz CT molecular complexity index is 451. The van der Waals surface area contributed by atoms with Crippen molar-refractivity contribution in [2.45, 2.75) is 6.54 Å². The number of aliphatic imine (C=N–C) groups is 1. The van der Waals surface area contributed by atoms with Crippen LogP contribution in [-0.2, 0) is 11.3 Å². The van der Waals surface area contributed by atoms with Crippen LogP contribution in [0.15, 0.2) is 29.3 Å². The summed E-state index contributed by atoms with van der Waals surface area (Å²) in [5.41, 5.74) is 7.16. The summed E-state index contributed by atoms with van der Waals surface area (Å²) in [6, 6.07) is 7.94. The number of thioether (sulfide) groups is 1. The lowest BCUT2D eigenvalue weighted by atomic mass is 10.2. The van der Waals surface area contributed by atoms with Crippen LogP contribution in [-0.4, -0.2) is 55.8 Å². The van der Waals surface area contributed by atoms with Crippen molar-refractivity contribution >= 4 is 41.7 Å². The number of benzene rings is 1. The maximum atomic E-state index is 6.04. The molecule has 0 aromatic heterocycles. The highest BCUT2D eigenvalue weighted by Gasteiger charge is 2.11. The molecule has 2 rings (SSSR count). The average Bonchev–Trinajstić information content (AvgIpc) is 2.55. The van der Waals surface area contributed by atoms with E-state index in [9.17, 15) is 0 Å². The van der Waals surface area contributed by atoms with Gasteiger partial charge in [0.1, 0.15) is 12.4 Å². The van der Waals surface area contributed by atoms with Crippen LogP contribution in [0.4, 0.5) is 0 Å². The summed E-state index contributed by atoms with van der Waals surface area (Å²) in [5.74, 6) is 3.75. The SMILES string of the molecule is COCCOc1ccc(CN=C(N)N2CCSCC2)cc1.I. The highest BCUT2D eigenvalue weighted by Crippen LogP contribution is 2.13. The fraction of sp³-hybridized carbons (Fsp3) is 0.533. The Kier molecular flexibility index (Phi) is 9.65. The van der Waals surface area contributed by atoms with Crippen molar-refractivity contribution in [2.75, 3.05) is 44.9 Å². The van der Waals surface area contributed by atoms with Gasteiger partial charge >= 0.3 is 0 Å². The number of methoxy groups -OCH3 is 1. The molecule has 0 saturated carbocycles. The van der Waals surface area contributed by atoms with E-state index in [-0.39, 0.29) is 24.0 Å². The second-order valence-electron chi connectivity index (χ2n) is 4.76. The molecule has 0 aliphatic carbocycles. The number of guanidine groups is 1. The van der Waals surface area contributed by atoms with Crippen molar-refractivity contribution in [3.05, 3.63) is 29.8 Å². The van der Waals surface area contributed by atoms with Crippen LogP contribution in [0, 0.1) is 0 Å². The van der Waals surface area contributed by atoms with Gasteiger partial charge in [0.05, 0.1) is 13.2 Å². The van der Waals surface area contributed by atoms with Gasteiger partial charge in [-0.2, -0.15) is 11.8 Å². The highest BCUT2D eigenvalue weighted by molar-refractivity contribution is 14.0. The zero-order chi connectivity index (χ0) is 14.9. The average molecular weight is 437 g/mol. The lowest BCUT2D eigenvalue weighted by Crippen LogP contribution is -2.42. The molecule has 0 unspecified atom stereocenters. The topological polar surface area (TPSA) is 60.1 Å². The van der Waals surface area contributed by atoms with Gasteiger partial charge in [0.2, 0.25) is 0 Å². The third-order valence-corrected chi connectivity index (χ3v) is 4.18. The summed E-state index contributed by atoms with van der Waals surface area (Å²) in [7, 11) is 1.66. The lowest BCUT2D eigenvalue weighted by molar-refractivity contribution is 0.146. The maximum Gasteiger partial charge on any atom is 0.191 e. The largest absolute Gasteiger partial charge is 0.491 e. The first-order valence-corrected chi connectivity index (χ1v) is 8.28. The van der Waals surface area contributed by atoms with E-state index in [0.717, 1.165) is 35.9 Å². The Morgan fingerprint density at radius 2 is 1.91 bits per heavy atom. The van der Waals surface area contributed by atoms with E-state index in [4.69, 9.17) is 15.2 Å². The molecule has 1 aliphatic heterocycles. The van der Waals surface area contributed by atoms with Crippen LogP contribution in [0.3, 0.4) is 0 Å². The molecule has 1 fully saturated rings. The molecule has 5 nitrogen and oxygen atoms in total. The van der Waals surface area contributed by atoms with Crippen LogP contribution >= 0.6 is 35.7 Å². The van der Waals surface area contributed by atoms with Gasteiger partial charge in [0.15, 0.2) is 5.96 Å². The Hall–Kier alpha value is -0.670. The smallest absolute Gasteiger partial charge is 0.191 e. The lowest BCUT2D eigenvalue weighted by Gasteiger charge is -2.27. The van der Waals surface area contributed by atoms with Gasteiger partial charge < -0.3 is 20.1 Å². The fourth-order valence-electron chi connectivity index (χ4n) is 2.00. The Labute approximate surface area is 153 Å². The molecule has 1 aromatic carbocycles. The molecule has 1 heterocycles. The van der Waals surface area contributed by atoms with Gasteiger partial charge in [-0.25, -0.2) is 4.99 Å². The minimum absolute atomic E-state index is 0. The normalized spacial score (nSPS) is 15.3. The summed E-state index contributed by atoms with van der Waals surface area (Å²) in [6.45, 7) is 3.75. The first-order chi connectivity index (χ1) is 10.3. The van der Waals surface area contributed by atoms with Gasteiger partial charge in [-0.3, -0.25) is 0 Å². The van der Waals surface area contributed by atoms with Gasteiger partial charge in [-0.1, -0.05) is 12.1 Å². The number of nitrogens with zero attached hydrogens (tertiary/aromatic N) is 2. The third-order valence-electron chi connectivity index (χ3n) is 3.24. The van der Waals surface area contributed by atoms with E-state index < -0.39 is 0 Å². The van der Waals surface area contributed by atoms with Crippen LogP contribution in [0.5, 0.6) is 5.75 Å². The van der Waals surface area contributed by atoms with Crippen molar-refractivity contribution in [2.24, 2.45) is 10.7 Å². The van der Waals surface area contributed by atoms with Crippen LogP contribution in [0.2, 0.25) is 0 Å². The molecule has 7 heteroatoms. The fourth-order valence-corrected chi connectivity index (χ4v) is 2.90. The van der Waals surface area contributed by atoms with Crippen molar-refractivity contribution in [1.82, 2.24) is 4.90 Å². The summed E-state index contributed by atoms with van der Waals surface area (Å²) >= 11 is 1.97. The quantitative estimate of drug-likeness (QED) is 0.320. The molecule has 1 aliphatic rings. The highest BCUT2D eigenvalue weighted by atomic mass is 127. The summed E-state index contributed by atoms with van der Waals surface area (Å²) in [5, 5.41) is 0. The molecule has 0 bridgehead atoms. The maximum absolute atomic E-state index is 6.04. The number of rotatable bonds is 6. The van der Waals surface area contributed by atoms with Crippen LogP contribution < -0.4 is 10.5 Å². The number of hydrogen-bond donors (Lipinski definition) is 1. The molecular formula is C15H24IN3O2S. The van der Waals surface area contributed by atoms with Crippen LogP contribution in [0.25, 0.3) is 0 Å². The van der Waals surface area contributed by atoms with E-state index in [0.29, 0.717) is 25.7 Å². The van der Waals surface area contributed by atoms with E-state index in [1.165, 1.54) is 0 Å². The minimum Gasteiger partial charge on any atom is -0.491 e. The molecule has 1 saturated heterocycles. The number of hydrogen-bond acceptors (Lipinski definition) is 4. The first kappa shape index (κ1) is 19.4. The molecule has 124 valence electrons. The van der Waals surface area contributed by atoms with Crippen molar-refractivity contribution in [1.29, 1.82) is 0 Å². The zero-order valence-corrected chi connectivity index (χ0v) is 16.0. The Balaban J connectivity index is 0.00000242. The number of ether oxygens (including phenoxy) is 2. The van der Waals surface area contributed by atoms with Crippen molar-refractivity contribution in [3.63, 3.8) is 0 Å².